The second-order valence-corrected chi connectivity index (χ2v) is 6.16. The summed E-state index contributed by atoms with van der Waals surface area (Å²) in [5, 5.41) is 5.98. The molecule has 10 heteroatoms. The van der Waals surface area contributed by atoms with Gasteiger partial charge in [0.2, 0.25) is 0 Å². The van der Waals surface area contributed by atoms with Gasteiger partial charge in [-0.25, -0.2) is 15.0 Å². The highest BCUT2D eigenvalue weighted by Crippen LogP contribution is 2.29. The summed E-state index contributed by atoms with van der Waals surface area (Å²) in [5.74, 6) is 0.112. The van der Waals surface area contributed by atoms with E-state index in [1.165, 1.54) is 24.7 Å². The van der Waals surface area contributed by atoms with Gasteiger partial charge in [0.05, 0.1) is 11.8 Å². The maximum absolute atomic E-state index is 12.7. The molecular weight excluding hydrogens is 367 g/mol. The highest BCUT2D eigenvalue weighted by molar-refractivity contribution is 7.17. The van der Waals surface area contributed by atoms with Gasteiger partial charge in [-0.3, -0.25) is 4.79 Å². The number of carbonyl (C=O) groups excluding carboxylic acids is 1. The van der Waals surface area contributed by atoms with Gasteiger partial charge in [0.1, 0.15) is 17.0 Å². The summed E-state index contributed by atoms with van der Waals surface area (Å²) < 4.78 is 38.1. The zero-order chi connectivity index (χ0) is 18.6. The molecule has 26 heavy (non-hydrogen) atoms. The van der Waals surface area contributed by atoms with Crippen molar-refractivity contribution in [3.63, 3.8) is 0 Å². The molecule has 1 aromatic carbocycles. The Bertz CT molecular complexity index is 898. The van der Waals surface area contributed by atoms with Crippen LogP contribution < -0.4 is 10.6 Å². The Morgan fingerprint density at radius 2 is 2.04 bits per heavy atom. The van der Waals surface area contributed by atoms with Gasteiger partial charge in [0, 0.05) is 12.7 Å². The van der Waals surface area contributed by atoms with Crippen LogP contribution in [0.25, 0.3) is 0 Å². The lowest BCUT2D eigenvalue weighted by molar-refractivity contribution is -0.137. The van der Waals surface area contributed by atoms with Crippen LogP contribution in [0.1, 0.15) is 20.8 Å². The first-order chi connectivity index (χ1) is 12.4. The summed E-state index contributed by atoms with van der Waals surface area (Å²) in [6.45, 7) is -0.0185. The molecule has 0 unspecified atom stereocenters. The Balaban J connectivity index is 1.61. The predicted molar refractivity (Wildman–Crippen MR) is 90.0 cm³/mol. The van der Waals surface area contributed by atoms with Crippen LogP contribution in [0, 0.1) is 0 Å². The van der Waals surface area contributed by atoms with E-state index in [0.717, 1.165) is 23.5 Å². The van der Waals surface area contributed by atoms with E-state index in [9.17, 15) is 18.0 Å². The van der Waals surface area contributed by atoms with Crippen LogP contribution in [0.5, 0.6) is 0 Å². The van der Waals surface area contributed by atoms with Crippen molar-refractivity contribution >= 4 is 28.2 Å². The Kier molecular flexibility index (Phi) is 5.12. The van der Waals surface area contributed by atoms with Crippen LogP contribution >= 0.6 is 11.3 Å². The highest BCUT2D eigenvalue weighted by atomic mass is 32.1. The number of nitrogens with one attached hydrogen (secondary N) is 2. The molecule has 3 aromatic rings. The van der Waals surface area contributed by atoms with E-state index in [4.69, 9.17) is 0 Å². The fourth-order valence-electron chi connectivity index (χ4n) is 2.04. The predicted octanol–water partition coefficient (Wildman–Crippen LogP) is 3.63. The largest absolute Gasteiger partial charge is 0.416 e. The van der Waals surface area contributed by atoms with E-state index in [1.807, 2.05) is 0 Å². The molecule has 0 fully saturated rings. The van der Waals surface area contributed by atoms with Crippen molar-refractivity contribution in [2.24, 2.45) is 0 Å². The average Bonchev–Trinajstić information content (AvgIpc) is 3.09. The number of halogens is 3. The van der Waals surface area contributed by atoms with Gasteiger partial charge in [-0.05, 0) is 23.8 Å². The lowest BCUT2D eigenvalue weighted by Crippen LogP contribution is -2.22. The van der Waals surface area contributed by atoms with Crippen molar-refractivity contribution in [1.82, 2.24) is 20.3 Å². The van der Waals surface area contributed by atoms with Gasteiger partial charge < -0.3 is 10.6 Å². The maximum atomic E-state index is 12.7. The van der Waals surface area contributed by atoms with Gasteiger partial charge >= 0.3 is 6.18 Å². The summed E-state index contributed by atoms with van der Waals surface area (Å²) in [4.78, 5) is 24.3. The van der Waals surface area contributed by atoms with Crippen molar-refractivity contribution in [3.05, 3.63) is 65.1 Å². The standard InChI is InChI=1S/C16H12F3N5OS/c17-16(18,19)11-3-1-2-10(6-11)7-21-14(25)12-8-22-15(26-12)24-13-4-5-20-9-23-13/h1-6,8-9H,7H2,(H,21,25)(H,20,22,23,24). The maximum Gasteiger partial charge on any atom is 0.416 e. The minimum Gasteiger partial charge on any atom is -0.347 e. The van der Waals surface area contributed by atoms with Crippen LogP contribution in [0.3, 0.4) is 0 Å². The van der Waals surface area contributed by atoms with Crippen LogP contribution in [0.2, 0.25) is 0 Å². The van der Waals surface area contributed by atoms with E-state index in [1.54, 1.807) is 12.3 Å². The Labute approximate surface area is 150 Å². The third-order valence-corrected chi connectivity index (χ3v) is 4.17. The Morgan fingerprint density at radius 1 is 1.19 bits per heavy atom. The van der Waals surface area contributed by atoms with Gasteiger partial charge in [-0.15, -0.1) is 0 Å². The number of aromatic nitrogens is 3. The van der Waals surface area contributed by atoms with Crippen LogP contribution in [-0.2, 0) is 12.7 Å². The lowest BCUT2D eigenvalue weighted by Gasteiger charge is -2.09. The molecule has 0 saturated heterocycles. The molecule has 0 spiro atoms. The molecule has 0 bridgehead atoms. The SMILES string of the molecule is O=C(NCc1cccc(C(F)(F)F)c1)c1cnc(Nc2ccncn2)s1. The van der Waals surface area contributed by atoms with Crippen molar-refractivity contribution in [2.45, 2.75) is 12.7 Å². The molecule has 1 amide bonds. The second-order valence-electron chi connectivity index (χ2n) is 5.13. The molecule has 2 heterocycles. The molecular formula is C16H12F3N5OS. The number of alkyl halides is 3. The number of amides is 1. The van der Waals surface area contributed by atoms with Crippen molar-refractivity contribution < 1.29 is 18.0 Å². The van der Waals surface area contributed by atoms with Crippen LogP contribution in [0.4, 0.5) is 24.1 Å². The van der Waals surface area contributed by atoms with E-state index >= 15 is 0 Å². The number of thiazole rings is 1. The molecule has 0 aliphatic rings. The number of benzene rings is 1. The molecule has 0 aliphatic carbocycles. The van der Waals surface area contributed by atoms with Gasteiger partial charge in [0.15, 0.2) is 5.13 Å². The molecule has 6 nitrogen and oxygen atoms in total. The first-order valence-corrected chi connectivity index (χ1v) is 8.16. The number of hydrogen-bond donors (Lipinski definition) is 2. The van der Waals surface area contributed by atoms with Crippen molar-refractivity contribution in [1.29, 1.82) is 0 Å². The quantitative estimate of drug-likeness (QED) is 0.708. The topological polar surface area (TPSA) is 79.8 Å². The number of carbonyl (C=O) groups is 1. The minimum absolute atomic E-state index is 0.0185. The lowest BCUT2D eigenvalue weighted by atomic mass is 10.1. The van der Waals surface area contributed by atoms with E-state index in [2.05, 4.69) is 25.6 Å². The first kappa shape index (κ1) is 17.8. The van der Waals surface area contributed by atoms with Crippen molar-refractivity contribution in [2.75, 3.05) is 5.32 Å². The molecule has 2 aromatic heterocycles. The number of rotatable bonds is 5. The summed E-state index contributed by atoms with van der Waals surface area (Å²) in [7, 11) is 0. The van der Waals surface area contributed by atoms with Crippen LogP contribution in [0.15, 0.2) is 49.1 Å². The monoisotopic (exact) mass is 379 g/mol. The number of hydrogen-bond acceptors (Lipinski definition) is 6. The van der Waals surface area contributed by atoms with Crippen LogP contribution in [-0.4, -0.2) is 20.9 Å². The Morgan fingerprint density at radius 3 is 2.77 bits per heavy atom. The second kappa shape index (κ2) is 7.48. The molecule has 0 saturated carbocycles. The minimum atomic E-state index is -4.42. The van der Waals surface area contributed by atoms with E-state index in [-0.39, 0.29) is 6.54 Å². The van der Waals surface area contributed by atoms with E-state index < -0.39 is 17.6 Å². The fourth-order valence-corrected chi connectivity index (χ4v) is 2.78. The van der Waals surface area contributed by atoms with Gasteiger partial charge in [0.25, 0.3) is 5.91 Å². The normalized spacial score (nSPS) is 11.2. The molecule has 0 radical (unpaired) electrons. The van der Waals surface area contributed by atoms with Gasteiger partial charge in [-0.1, -0.05) is 23.5 Å². The summed E-state index contributed by atoms with van der Waals surface area (Å²) in [6.07, 6.45) is -0.0981. The molecule has 3 rings (SSSR count). The van der Waals surface area contributed by atoms with Gasteiger partial charge in [-0.2, -0.15) is 13.2 Å². The summed E-state index contributed by atoms with van der Waals surface area (Å²) >= 11 is 1.10. The fraction of sp³-hybridized carbons (Fsp3) is 0.125. The average molecular weight is 379 g/mol. The Hall–Kier alpha value is -3.01. The third-order valence-electron chi connectivity index (χ3n) is 3.25. The number of nitrogens with zero attached hydrogens (tertiary/aromatic N) is 3. The highest BCUT2D eigenvalue weighted by Gasteiger charge is 2.30. The smallest absolute Gasteiger partial charge is 0.347 e. The van der Waals surface area contributed by atoms with E-state index in [0.29, 0.717) is 21.4 Å². The molecule has 134 valence electrons. The summed E-state index contributed by atoms with van der Waals surface area (Å²) in [6, 6.07) is 6.47. The molecule has 2 N–H and O–H groups in total. The zero-order valence-electron chi connectivity index (χ0n) is 13.1. The number of anilines is 2. The third kappa shape index (κ3) is 4.54. The van der Waals surface area contributed by atoms with Crippen molar-refractivity contribution in [3.8, 4) is 0 Å². The summed E-state index contributed by atoms with van der Waals surface area (Å²) in [5.41, 5.74) is -0.393. The molecule has 0 atom stereocenters. The molecule has 0 aliphatic heterocycles. The zero-order valence-corrected chi connectivity index (χ0v) is 13.9. The first-order valence-electron chi connectivity index (χ1n) is 7.35.